The Labute approximate surface area is 138 Å². The molecule has 0 amide bonds. The fraction of sp³-hybridized carbons (Fsp3) is 0.0476. The number of fused-ring (bicyclic) bond motifs is 5. The molecule has 0 radical (unpaired) electrons. The van der Waals surface area contributed by atoms with Gasteiger partial charge in [0, 0.05) is 10.8 Å². The third-order valence-corrected chi connectivity index (χ3v) is 5.54. The number of para-hydroxylation sites is 1. The van der Waals surface area contributed by atoms with Gasteiger partial charge in [-0.2, -0.15) is 0 Å². The van der Waals surface area contributed by atoms with E-state index in [0.29, 0.717) is 0 Å². The van der Waals surface area contributed by atoms with Crippen LogP contribution in [0.25, 0.3) is 37.8 Å². The monoisotopic (exact) mass is 313 g/mol. The van der Waals surface area contributed by atoms with Crippen molar-refractivity contribution in [1.29, 1.82) is 0 Å². The van der Waals surface area contributed by atoms with Crippen LogP contribution in [0.1, 0.15) is 5.56 Å². The van der Waals surface area contributed by atoms with Crippen molar-refractivity contribution >= 4 is 38.5 Å². The van der Waals surface area contributed by atoms with Crippen LogP contribution in [0.15, 0.2) is 72.1 Å². The predicted molar refractivity (Wildman–Crippen MR) is 100 cm³/mol. The van der Waals surface area contributed by atoms with Gasteiger partial charge in [0.1, 0.15) is 0 Å². The van der Waals surface area contributed by atoms with Gasteiger partial charge in [0.2, 0.25) is 0 Å². The lowest BCUT2D eigenvalue weighted by Crippen LogP contribution is -1.92. The fourth-order valence-electron chi connectivity index (χ4n) is 3.63. The lowest BCUT2D eigenvalue weighted by atomic mass is 10.1. The van der Waals surface area contributed by atoms with Gasteiger partial charge >= 0.3 is 0 Å². The molecule has 110 valence electrons. The van der Waals surface area contributed by atoms with E-state index in [0.717, 1.165) is 0 Å². The lowest BCUT2D eigenvalue weighted by molar-refractivity contribution is 1.28. The molecule has 0 saturated carbocycles. The molecule has 0 aliphatic rings. The number of aromatic nitrogens is 1. The van der Waals surface area contributed by atoms with Crippen molar-refractivity contribution in [3.8, 4) is 10.6 Å². The lowest BCUT2D eigenvalue weighted by Gasteiger charge is -2.10. The SMILES string of the molecule is Cc1c2ccccc2n2c(-c3cccs3)cc3ccccc3c12. The van der Waals surface area contributed by atoms with Crippen LogP contribution in [0, 0.1) is 6.92 Å². The third kappa shape index (κ3) is 1.73. The molecule has 23 heavy (non-hydrogen) atoms. The third-order valence-electron chi connectivity index (χ3n) is 4.65. The largest absolute Gasteiger partial charge is 0.308 e. The van der Waals surface area contributed by atoms with Crippen LogP contribution in [0.3, 0.4) is 0 Å². The molecule has 0 spiro atoms. The summed E-state index contributed by atoms with van der Waals surface area (Å²) in [4.78, 5) is 1.31. The molecule has 3 aromatic heterocycles. The maximum Gasteiger partial charge on any atom is 0.0640 e. The standard InChI is InChI=1S/C21H15NS/c1-14-16-8-4-5-10-18(16)22-19(20-11-6-12-23-20)13-15-7-2-3-9-17(15)21(14)22/h2-13H,1H3. The zero-order valence-electron chi connectivity index (χ0n) is 12.8. The number of hydrogen-bond acceptors (Lipinski definition) is 1. The van der Waals surface area contributed by atoms with E-state index in [2.05, 4.69) is 83.4 Å². The average molecular weight is 313 g/mol. The Balaban J connectivity index is 2.13. The van der Waals surface area contributed by atoms with Gasteiger partial charge in [0.15, 0.2) is 0 Å². The summed E-state index contributed by atoms with van der Waals surface area (Å²) >= 11 is 1.80. The van der Waals surface area contributed by atoms with Crippen molar-refractivity contribution in [2.24, 2.45) is 0 Å². The van der Waals surface area contributed by atoms with E-state index in [4.69, 9.17) is 0 Å². The molecule has 0 atom stereocenters. The second-order valence-corrected chi connectivity index (χ2v) is 6.87. The molecule has 0 N–H and O–H groups in total. The molecule has 1 nitrogen and oxygen atoms in total. The van der Waals surface area contributed by atoms with Gasteiger partial charge in [-0.15, -0.1) is 11.3 Å². The Morgan fingerprint density at radius 3 is 2.43 bits per heavy atom. The van der Waals surface area contributed by atoms with Crippen molar-refractivity contribution in [3.05, 3.63) is 77.7 Å². The molecule has 5 rings (SSSR count). The average Bonchev–Trinajstić information content (AvgIpc) is 3.22. The summed E-state index contributed by atoms with van der Waals surface area (Å²) in [6.07, 6.45) is 0. The minimum absolute atomic E-state index is 1.28. The van der Waals surface area contributed by atoms with Crippen LogP contribution >= 0.6 is 11.3 Å². The van der Waals surface area contributed by atoms with Gasteiger partial charge in [-0.1, -0.05) is 48.5 Å². The molecule has 5 aromatic rings. The van der Waals surface area contributed by atoms with Crippen molar-refractivity contribution in [2.45, 2.75) is 6.92 Å². The first kappa shape index (κ1) is 12.9. The van der Waals surface area contributed by atoms with Crippen LogP contribution in [0.4, 0.5) is 0 Å². The summed E-state index contributed by atoms with van der Waals surface area (Å²) in [7, 11) is 0. The summed E-state index contributed by atoms with van der Waals surface area (Å²) in [6.45, 7) is 2.24. The summed E-state index contributed by atoms with van der Waals surface area (Å²) < 4.78 is 2.43. The minimum Gasteiger partial charge on any atom is -0.308 e. The number of hydrogen-bond donors (Lipinski definition) is 0. The van der Waals surface area contributed by atoms with Gasteiger partial charge in [-0.3, -0.25) is 0 Å². The van der Waals surface area contributed by atoms with Crippen LogP contribution < -0.4 is 0 Å². The zero-order valence-corrected chi connectivity index (χ0v) is 13.6. The van der Waals surface area contributed by atoms with E-state index in [9.17, 15) is 0 Å². The molecule has 0 aliphatic carbocycles. The number of pyridine rings is 1. The molecule has 0 saturated heterocycles. The van der Waals surface area contributed by atoms with Gasteiger partial charge in [0.05, 0.1) is 21.6 Å². The number of thiophene rings is 1. The molecular weight excluding hydrogens is 298 g/mol. The number of rotatable bonds is 1. The van der Waals surface area contributed by atoms with E-state index in [-0.39, 0.29) is 0 Å². The predicted octanol–water partition coefficient (Wildman–Crippen LogP) is 6.28. The molecule has 0 bridgehead atoms. The Kier molecular flexibility index (Phi) is 2.64. The quantitative estimate of drug-likeness (QED) is 0.343. The van der Waals surface area contributed by atoms with E-state index < -0.39 is 0 Å². The molecule has 2 heteroatoms. The number of nitrogens with zero attached hydrogens (tertiary/aromatic N) is 1. The van der Waals surface area contributed by atoms with E-state index in [1.807, 2.05) is 0 Å². The van der Waals surface area contributed by atoms with Crippen molar-refractivity contribution in [2.75, 3.05) is 0 Å². The van der Waals surface area contributed by atoms with Gasteiger partial charge < -0.3 is 4.40 Å². The summed E-state index contributed by atoms with van der Waals surface area (Å²) in [5, 5.41) is 6.10. The van der Waals surface area contributed by atoms with E-state index in [1.54, 1.807) is 11.3 Å². The minimum atomic E-state index is 1.28. The second-order valence-electron chi connectivity index (χ2n) is 5.92. The smallest absolute Gasteiger partial charge is 0.0640 e. The Hall–Kier alpha value is -2.58. The van der Waals surface area contributed by atoms with Gasteiger partial charge in [0.25, 0.3) is 0 Å². The van der Waals surface area contributed by atoms with E-state index in [1.165, 1.54) is 43.3 Å². The first-order valence-electron chi connectivity index (χ1n) is 7.80. The Bertz CT molecular complexity index is 1160. The highest BCUT2D eigenvalue weighted by atomic mass is 32.1. The Morgan fingerprint density at radius 1 is 0.826 bits per heavy atom. The van der Waals surface area contributed by atoms with Crippen LogP contribution in [0.2, 0.25) is 0 Å². The second kappa shape index (κ2) is 4.71. The first-order valence-corrected chi connectivity index (χ1v) is 8.68. The summed E-state index contributed by atoms with van der Waals surface area (Å²) in [5.74, 6) is 0. The highest BCUT2D eigenvalue weighted by Crippen LogP contribution is 2.37. The normalized spacial score (nSPS) is 11.7. The fourth-order valence-corrected chi connectivity index (χ4v) is 4.36. The maximum absolute atomic E-state index is 2.43. The highest BCUT2D eigenvalue weighted by molar-refractivity contribution is 7.13. The van der Waals surface area contributed by atoms with Crippen LogP contribution in [-0.2, 0) is 0 Å². The molecule has 2 aromatic carbocycles. The van der Waals surface area contributed by atoms with E-state index >= 15 is 0 Å². The van der Waals surface area contributed by atoms with Crippen molar-refractivity contribution < 1.29 is 0 Å². The molecule has 0 unspecified atom stereocenters. The number of aryl methyl sites for hydroxylation is 1. The summed E-state index contributed by atoms with van der Waals surface area (Å²) in [6, 6.07) is 24.0. The highest BCUT2D eigenvalue weighted by Gasteiger charge is 2.15. The van der Waals surface area contributed by atoms with Crippen LogP contribution in [0.5, 0.6) is 0 Å². The maximum atomic E-state index is 2.43. The zero-order chi connectivity index (χ0) is 15.4. The summed E-state index contributed by atoms with van der Waals surface area (Å²) in [5.41, 5.74) is 5.25. The van der Waals surface area contributed by atoms with Crippen LogP contribution in [-0.4, -0.2) is 4.40 Å². The molecule has 0 fully saturated rings. The van der Waals surface area contributed by atoms with Crippen molar-refractivity contribution in [3.63, 3.8) is 0 Å². The molecule has 3 heterocycles. The first-order chi connectivity index (χ1) is 11.3. The topological polar surface area (TPSA) is 4.41 Å². The molecule has 0 aliphatic heterocycles. The number of benzene rings is 2. The Morgan fingerprint density at radius 2 is 1.61 bits per heavy atom. The van der Waals surface area contributed by atoms with Crippen molar-refractivity contribution in [1.82, 2.24) is 4.40 Å². The van der Waals surface area contributed by atoms with Gasteiger partial charge in [-0.25, -0.2) is 0 Å². The molecular formula is C21H15NS. The van der Waals surface area contributed by atoms with Gasteiger partial charge in [-0.05, 0) is 41.5 Å².